The number of hydrogen-bond donors (Lipinski definition) is 1. The van der Waals surface area contributed by atoms with E-state index in [2.05, 4.69) is 34.6 Å². The molecule has 0 atom stereocenters. The molecule has 0 spiro atoms. The molecule has 2 aromatic heterocycles. The van der Waals surface area contributed by atoms with Crippen LogP contribution in [0, 0.1) is 5.82 Å². The normalized spacial score (nSPS) is 13.6. The summed E-state index contributed by atoms with van der Waals surface area (Å²) in [4.78, 5) is 48.0. The molecule has 10 heteroatoms. The van der Waals surface area contributed by atoms with Crippen LogP contribution >= 0.6 is 11.3 Å². The monoisotopic (exact) mass is 573 g/mol. The first-order valence-electron chi connectivity index (χ1n) is 13.2. The molecule has 2 heterocycles. The molecule has 0 unspecified atom stereocenters. The number of fused-ring (bicyclic) bond motifs is 1. The highest BCUT2D eigenvalue weighted by Crippen LogP contribution is 2.45. The van der Waals surface area contributed by atoms with Gasteiger partial charge in [-0.25, -0.2) is 23.9 Å². The number of carbonyl (C=O) groups is 3. The highest BCUT2D eigenvalue weighted by Gasteiger charge is 2.50. The van der Waals surface area contributed by atoms with Crippen LogP contribution in [0.25, 0.3) is 20.9 Å². The van der Waals surface area contributed by atoms with Crippen LogP contribution in [0.5, 0.6) is 0 Å². The number of carbonyl (C=O) groups excluding carboxylic acids is 3. The van der Waals surface area contributed by atoms with Crippen LogP contribution in [-0.2, 0) is 35.7 Å². The number of allylic oxidation sites excluding steroid dienone is 2. The zero-order valence-electron chi connectivity index (χ0n) is 22.8. The van der Waals surface area contributed by atoms with Crippen molar-refractivity contribution >= 4 is 39.5 Å². The molecule has 41 heavy (non-hydrogen) atoms. The lowest BCUT2D eigenvalue weighted by Gasteiger charge is -2.29. The van der Waals surface area contributed by atoms with Gasteiger partial charge in [0.25, 0.3) is 0 Å². The summed E-state index contributed by atoms with van der Waals surface area (Å²) in [6.07, 6.45) is 3.84. The first-order chi connectivity index (χ1) is 19.7. The van der Waals surface area contributed by atoms with E-state index in [0.717, 1.165) is 11.3 Å². The number of benzene rings is 2. The van der Waals surface area contributed by atoms with E-state index in [1.165, 1.54) is 30.4 Å². The lowest BCUT2D eigenvalue weighted by atomic mass is 9.89. The Morgan fingerprint density at radius 2 is 1.63 bits per heavy atom. The maximum atomic E-state index is 15.5. The molecule has 0 radical (unpaired) electrons. The van der Waals surface area contributed by atoms with Gasteiger partial charge < -0.3 is 14.8 Å². The molecular weight excluding hydrogens is 545 g/mol. The lowest BCUT2D eigenvalue weighted by molar-refractivity contribution is -0.168. The number of amides is 1. The van der Waals surface area contributed by atoms with Crippen LogP contribution < -0.4 is 5.32 Å². The second kappa shape index (κ2) is 11.2. The molecule has 0 saturated carbocycles. The van der Waals surface area contributed by atoms with Crippen LogP contribution in [0.3, 0.4) is 0 Å². The van der Waals surface area contributed by atoms with Gasteiger partial charge in [-0.15, -0.1) is 0 Å². The SMILES string of the molecule is CCOC(=O)C(Cc1ccc(-c2nc3ccc(C4(c5ccccc5)C=C4)nc3s2)c(F)c1)(NC(C)=O)C(=O)OCC. The number of aromatic nitrogens is 2. The summed E-state index contributed by atoms with van der Waals surface area (Å²) in [5.74, 6) is -3.20. The summed E-state index contributed by atoms with van der Waals surface area (Å²) in [7, 11) is 0. The second-order valence-electron chi connectivity index (χ2n) is 9.63. The van der Waals surface area contributed by atoms with Crippen LogP contribution in [0.15, 0.2) is 72.8 Å². The third-order valence-electron chi connectivity index (χ3n) is 6.80. The quantitative estimate of drug-likeness (QED) is 0.163. The molecule has 0 fully saturated rings. The molecule has 1 aliphatic rings. The predicted octanol–water partition coefficient (Wildman–Crippen LogP) is 4.90. The minimum Gasteiger partial charge on any atom is -0.464 e. The molecule has 0 aliphatic heterocycles. The van der Waals surface area contributed by atoms with E-state index < -0.39 is 29.2 Å². The smallest absolute Gasteiger partial charge is 0.344 e. The zero-order valence-corrected chi connectivity index (χ0v) is 23.6. The summed E-state index contributed by atoms with van der Waals surface area (Å²) in [5, 5.41) is 2.83. The summed E-state index contributed by atoms with van der Waals surface area (Å²) in [5.41, 5.74) is 0.674. The number of nitrogens with one attached hydrogen (secondary N) is 1. The van der Waals surface area contributed by atoms with Crippen molar-refractivity contribution in [3.8, 4) is 10.6 Å². The van der Waals surface area contributed by atoms with E-state index in [1.807, 2.05) is 30.3 Å². The Morgan fingerprint density at radius 1 is 0.951 bits per heavy atom. The van der Waals surface area contributed by atoms with Gasteiger partial charge in [0.2, 0.25) is 11.4 Å². The largest absolute Gasteiger partial charge is 0.464 e. The molecule has 8 nitrogen and oxygen atoms in total. The van der Waals surface area contributed by atoms with Crippen molar-refractivity contribution in [3.63, 3.8) is 0 Å². The molecule has 1 amide bonds. The number of thiazole rings is 1. The Morgan fingerprint density at radius 3 is 2.22 bits per heavy atom. The van der Waals surface area contributed by atoms with Gasteiger partial charge in [-0.3, -0.25) is 4.79 Å². The second-order valence-corrected chi connectivity index (χ2v) is 10.6. The van der Waals surface area contributed by atoms with E-state index in [1.54, 1.807) is 19.9 Å². The number of ether oxygens (including phenoxy) is 2. The van der Waals surface area contributed by atoms with Gasteiger partial charge in [-0.05, 0) is 49.2 Å². The Bertz CT molecular complexity index is 1640. The predicted molar refractivity (Wildman–Crippen MR) is 153 cm³/mol. The molecule has 1 aliphatic carbocycles. The highest BCUT2D eigenvalue weighted by molar-refractivity contribution is 7.21. The van der Waals surface area contributed by atoms with Crippen LogP contribution in [0.2, 0.25) is 0 Å². The molecule has 0 bridgehead atoms. The van der Waals surface area contributed by atoms with Crippen LogP contribution in [0.4, 0.5) is 4.39 Å². The molecule has 210 valence electrons. The minimum absolute atomic E-state index is 0.0250. The van der Waals surface area contributed by atoms with Crippen molar-refractivity contribution in [2.24, 2.45) is 0 Å². The average molecular weight is 574 g/mol. The lowest BCUT2D eigenvalue weighted by Crippen LogP contribution is -2.62. The Kier molecular flexibility index (Phi) is 7.68. The van der Waals surface area contributed by atoms with Crippen molar-refractivity contribution < 1.29 is 28.2 Å². The van der Waals surface area contributed by atoms with Crippen molar-refractivity contribution in [1.82, 2.24) is 15.3 Å². The van der Waals surface area contributed by atoms with E-state index in [0.29, 0.717) is 15.4 Å². The third kappa shape index (κ3) is 5.35. The van der Waals surface area contributed by atoms with Crippen molar-refractivity contribution in [2.75, 3.05) is 13.2 Å². The maximum absolute atomic E-state index is 15.5. The molecule has 1 N–H and O–H groups in total. The number of esters is 2. The molecular formula is C31H28FN3O5S. The van der Waals surface area contributed by atoms with Crippen molar-refractivity contribution in [2.45, 2.75) is 38.1 Å². The van der Waals surface area contributed by atoms with E-state index in [9.17, 15) is 14.4 Å². The Hall–Kier alpha value is -4.44. The van der Waals surface area contributed by atoms with Gasteiger partial charge in [-0.1, -0.05) is 59.9 Å². The standard InChI is InChI=1S/C31H28FN3O5S/c1-4-39-28(37)31(35-19(3)36,29(38)40-5-2)18-20-11-12-22(23(32)17-20)26-33-24-13-14-25(34-27(24)41-26)30(15-16-30)21-9-7-6-8-10-21/h6-17H,4-5,18H2,1-3H3,(H,35,36). The first-order valence-corrected chi connectivity index (χ1v) is 14.0. The molecule has 5 rings (SSSR count). The first kappa shape index (κ1) is 28.1. The Balaban J connectivity index is 1.46. The van der Waals surface area contributed by atoms with Crippen molar-refractivity contribution in [1.29, 1.82) is 0 Å². The molecule has 2 aromatic carbocycles. The molecule has 4 aromatic rings. The van der Waals surface area contributed by atoms with Gasteiger partial charge in [0, 0.05) is 18.9 Å². The van der Waals surface area contributed by atoms with Gasteiger partial charge in [-0.2, -0.15) is 0 Å². The number of halogens is 1. The average Bonchev–Trinajstić information content (AvgIpc) is 3.66. The minimum atomic E-state index is -2.16. The van der Waals surface area contributed by atoms with E-state index >= 15 is 4.39 Å². The summed E-state index contributed by atoms with van der Waals surface area (Å²) < 4.78 is 25.7. The fourth-order valence-electron chi connectivity index (χ4n) is 4.80. The summed E-state index contributed by atoms with van der Waals surface area (Å²) in [6.45, 7) is 4.28. The number of pyridine rings is 1. The number of nitrogens with zero attached hydrogens (tertiary/aromatic N) is 2. The maximum Gasteiger partial charge on any atom is 0.344 e. The molecule has 0 saturated heterocycles. The van der Waals surface area contributed by atoms with E-state index in [-0.39, 0.29) is 36.2 Å². The van der Waals surface area contributed by atoms with Crippen LogP contribution in [-0.4, -0.2) is 46.6 Å². The fourth-order valence-corrected chi connectivity index (χ4v) is 5.77. The van der Waals surface area contributed by atoms with Gasteiger partial charge in [0.05, 0.1) is 24.3 Å². The highest BCUT2D eigenvalue weighted by atomic mass is 32.1. The third-order valence-corrected chi connectivity index (χ3v) is 7.80. The zero-order chi connectivity index (χ0) is 29.2. The van der Waals surface area contributed by atoms with Crippen LogP contribution in [0.1, 0.15) is 37.6 Å². The van der Waals surface area contributed by atoms with Gasteiger partial charge in [0.1, 0.15) is 21.2 Å². The fraction of sp³-hybridized carbons (Fsp3) is 0.258. The number of hydrogen-bond acceptors (Lipinski definition) is 8. The van der Waals surface area contributed by atoms with Crippen molar-refractivity contribution in [3.05, 3.63) is 95.5 Å². The van der Waals surface area contributed by atoms with Gasteiger partial charge in [0.15, 0.2) is 0 Å². The number of rotatable bonds is 10. The topological polar surface area (TPSA) is 107 Å². The Labute approximate surface area is 240 Å². The summed E-state index contributed by atoms with van der Waals surface area (Å²) in [6, 6.07) is 18.2. The van der Waals surface area contributed by atoms with E-state index in [4.69, 9.17) is 14.5 Å². The summed E-state index contributed by atoms with van der Waals surface area (Å²) >= 11 is 1.27. The van der Waals surface area contributed by atoms with Gasteiger partial charge >= 0.3 is 11.9 Å².